The van der Waals surface area contributed by atoms with Gasteiger partial charge in [0.25, 0.3) is 0 Å². The summed E-state index contributed by atoms with van der Waals surface area (Å²) in [6, 6.07) is 19.0. The highest BCUT2D eigenvalue weighted by Gasteiger charge is 2.36. The fraction of sp³-hybridized carbons (Fsp3) is 0.261. The Morgan fingerprint density at radius 2 is 1.63 bits per heavy atom. The number of nitrogens with zero attached hydrogens (tertiary/aromatic N) is 1. The summed E-state index contributed by atoms with van der Waals surface area (Å²) in [7, 11) is -3.82. The highest BCUT2D eigenvalue weighted by Crippen LogP contribution is 2.56. The summed E-state index contributed by atoms with van der Waals surface area (Å²) in [6.07, 6.45) is 1.91. The molecule has 0 aliphatic heterocycles. The van der Waals surface area contributed by atoms with Crippen LogP contribution >= 0.6 is 7.37 Å². The van der Waals surface area contributed by atoms with Crippen molar-refractivity contribution < 1.29 is 19.7 Å². The Morgan fingerprint density at radius 3 is 2.23 bits per heavy atom. The number of aromatic nitrogens is 1. The van der Waals surface area contributed by atoms with Crippen LogP contribution in [0.4, 0.5) is 0 Å². The molecule has 158 valence electrons. The molecule has 3 aromatic rings. The van der Waals surface area contributed by atoms with Gasteiger partial charge in [0.2, 0.25) is 7.37 Å². The van der Waals surface area contributed by atoms with Gasteiger partial charge in [-0.2, -0.15) is 0 Å². The van der Waals surface area contributed by atoms with E-state index in [-0.39, 0.29) is 17.5 Å². The van der Waals surface area contributed by atoms with Crippen LogP contribution in [0.1, 0.15) is 33.7 Å². The number of rotatable bonds is 9. The fourth-order valence-corrected chi connectivity index (χ4v) is 5.31. The van der Waals surface area contributed by atoms with Crippen molar-refractivity contribution in [3.63, 3.8) is 0 Å². The summed E-state index contributed by atoms with van der Waals surface area (Å²) in [5, 5.41) is 23.6. The van der Waals surface area contributed by atoms with Crippen LogP contribution in [-0.2, 0) is 24.1 Å². The third-order valence-corrected chi connectivity index (χ3v) is 7.22. The van der Waals surface area contributed by atoms with Crippen LogP contribution in [0.5, 0.6) is 5.75 Å². The van der Waals surface area contributed by atoms with Gasteiger partial charge in [-0.05, 0) is 24.5 Å². The highest BCUT2D eigenvalue weighted by molar-refractivity contribution is 7.58. The lowest BCUT2D eigenvalue weighted by atomic mass is 10.1. The molecule has 6 nitrogen and oxygen atoms in total. The molecular formula is C23H27N2O4P. The summed E-state index contributed by atoms with van der Waals surface area (Å²) in [5.74, 6) is -1.20. The average molecular weight is 426 g/mol. The number of aryl methyl sites for hydroxylation is 2. The summed E-state index contributed by atoms with van der Waals surface area (Å²) in [6.45, 7) is 1.58. The van der Waals surface area contributed by atoms with Crippen molar-refractivity contribution in [3.8, 4) is 5.75 Å². The molecule has 0 aliphatic rings. The Hall–Kier alpha value is -2.50. The van der Waals surface area contributed by atoms with Gasteiger partial charge in [0.15, 0.2) is 0 Å². The quantitative estimate of drug-likeness (QED) is 0.387. The zero-order valence-electron chi connectivity index (χ0n) is 16.9. The summed E-state index contributed by atoms with van der Waals surface area (Å²) in [5.41, 5.74) is 2.82. The lowest BCUT2D eigenvalue weighted by Gasteiger charge is -2.27. The van der Waals surface area contributed by atoms with Gasteiger partial charge in [0, 0.05) is 30.0 Å². The minimum absolute atomic E-state index is 0.0369. The molecule has 2 aromatic carbocycles. The molecule has 0 aliphatic carbocycles. The Balaban J connectivity index is 1.94. The number of aliphatic hydroxyl groups excluding tert-OH is 1. The summed E-state index contributed by atoms with van der Waals surface area (Å²) < 4.78 is 13.5. The highest BCUT2D eigenvalue weighted by atomic mass is 31.2. The molecule has 2 unspecified atom stereocenters. The Morgan fingerprint density at radius 1 is 1.03 bits per heavy atom. The third-order valence-electron chi connectivity index (χ3n) is 5.11. The Bertz CT molecular complexity index is 1010. The molecule has 0 amide bonds. The van der Waals surface area contributed by atoms with Gasteiger partial charge < -0.3 is 15.1 Å². The number of pyridine rings is 1. The molecule has 1 aromatic heterocycles. The van der Waals surface area contributed by atoms with Gasteiger partial charge in [-0.25, -0.2) is 0 Å². The Kier molecular flexibility index (Phi) is 7.40. The van der Waals surface area contributed by atoms with Gasteiger partial charge in [0.05, 0.1) is 12.3 Å². The predicted molar refractivity (Wildman–Crippen MR) is 117 cm³/mol. The second kappa shape index (κ2) is 10.0. The maximum absolute atomic E-state index is 13.5. The first kappa shape index (κ1) is 22.2. The van der Waals surface area contributed by atoms with Crippen LogP contribution in [0.25, 0.3) is 0 Å². The molecule has 0 bridgehead atoms. The van der Waals surface area contributed by atoms with Crippen molar-refractivity contribution in [1.29, 1.82) is 0 Å². The largest absolute Gasteiger partial charge is 0.506 e. The predicted octanol–water partition coefficient (Wildman–Crippen LogP) is 3.89. The molecule has 1 heterocycles. The van der Waals surface area contributed by atoms with E-state index in [1.54, 1.807) is 6.92 Å². The molecule has 0 saturated carbocycles. The SMILES string of the molecule is Cc1ncc(CO)c(C(NCc2ccccc2)P(=O)(O)CCc2ccccc2)c1O. The van der Waals surface area contributed by atoms with Gasteiger partial charge in [-0.1, -0.05) is 60.7 Å². The average Bonchev–Trinajstić information content (AvgIpc) is 2.77. The molecule has 0 radical (unpaired) electrons. The lowest BCUT2D eigenvalue weighted by molar-refractivity contribution is 0.278. The first-order valence-electron chi connectivity index (χ1n) is 9.83. The van der Waals surface area contributed by atoms with Crippen molar-refractivity contribution in [2.24, 2.45) is 0 Å². The second-order valence-corrected chi connectivity index (χ2v) is 9.75. The van der Waals surface area contributed by atoms with Gasteiger partial charge in [-0.15, -0.1) is 0 Å². The summed E-state index contributed by atoms with van der Waals surface area (Å²) in [4.78, 5) is 15.2. The monoisotopic (exact) mass is 426 g/mol. The minimum Gasteiger partial charge on any atom is -0.506 e. The van der Waals surface area contributed by atoms with Gasteiger partial charge >= 0.3 is 0 Å². The van der Waals surface area contributed by atoms with Crippen LogP contribution in [0.3, 0.4) is 0 Å². The topological polar surface area (TPSA) is 103 Å². The van der Waals surface area contributed by atoms with Crippen molar-refractivity contribution in [1.82, 2.24) is 10.3 Å². The van der Waals surface area contributed by atoms with E-state index in [0.717, 1.165) is 11.1 Å². The van der Waals surface area contributed by atoms with Crippen LogP contribution in [-0.4, -0.2) is 26.3 Å². The van der Waals surface area contributed by atoms with Gasteiger partial charge in [-0.3, -0.25) is 14.9 Å². The number of nitrogens with one attached hydrogen (secondary N) is 1. The maximum atomic E-state index is 13.5. The first-order valence-corrected chi connectivity index (χ1v) is 11.7. The van der Waals surface area contributed by atoms with E-state index >= 15 is 0 Å². The zero-order valence-corrected chi connectivity index (χ0v) is 17.8. The molecule has 30 heavy (non-hydrogen) atoms. The molecule has 4 N–H and O–H groups in total. The smallest absolute Gasteiger partial charge is 0.221 e. The number of benzene rings is 2. The van der Waals surface area contributed by atoms with Crippen molar-refractivity contribution in [2.75, 3.05) is 6.16 Å². The van der Waals surface area contributed by atoms with Crippen LogP contribution in [0, 0.1) is 6.92 Å². The lowest BCUT2D eigenvalue weighted by Crippen LogP contribution is -2.24. The second-order valence-electron chi connectivity index (χ2n) is 7.27. The molecule has 0 fully saturated rings. The molecule has 0 saturated heterocycles. The normalized spacial score (nSPS) is 14.2. The first-order chi connectivity index (χ1) is 14.4. The van der Waals surface area contributed by atoms with E-state index < -0.39 is 19.8 Å². The number of hydrogen-bond acceptors (Lipinski definition) is 5. The van der Waals surface area contributed by atoms with E-state index in [2.05, 4.69) is 10.3 Å². The number of hydrogen-bond donors (Lipinski definition) is 4. The molecule has 7 heteroatoms. The third kappa shape index (κ3) is 5.35. The molecule has 3 rings (SSSR count). The molecule has 2 atom stereocenters. The van der Waals surface area contributed by atoms with E-state index in [1.807, 2.05) is 60.7 Å². The van der Waals surface area contributed by atoms with E-state index in [9.17, 15) is 19.7 Å². The zero-order chi connectivity index (χ0) is 21.6. The minimum atomic E-state index is -3.82. The van der Waals surface area contributed by atoms with Crippen molar-refractivity contribution in [2.45, 2.75) is 32.3 Å². The van der Waals surface area contributed by atoms with Crippen LogP contribution < -0.4 is 5.32 Å². The van der Waals surface area contributed by atoms with Crippen LogP contribution in [0.15, 0.2) is 66.9 Å². The van der Waals surface area contributed by atoms with Crippen molar-refractivity contribution >= 4 is 7.37 Å². The van der Waals surface area contributed by atoms with E-state index in [0.29, 0.717) is 24.2 Å². The molecule has 0 spiro atoms. The Labute approximate surface area is 176 Å². The van der Waals surface area contributed by atoms with Crippen molar-refractivity contribution in [3.05, 3.63) is 94.8 Å². The van der Waals surface area contributed by atoms with E-state index in [4.69, 9.17) is 0 Å². The van der Waals surface area contributed by atoms with Crippen LogP contribution in [0.2, 0.25) is 0 Å². The number of aliphatic hydroxyl groups is 1. The maximum Gasteiger partial charge on any atom is 0.221 e. The standard InChI is InChI=1S/C23H27N2O4P/c1-17-22(27)21(20(16-26)15-24-17)23(25-14-19-10-6-3-7-11-19)30(28,29)13-12-18-8-4-2-5-9-18/h2-11,15,23,25-27H,12-14,16H2,1H3,(H,28,29). The fourth-order valence-electron chi connectivity index (χ4n) is 3.40. The number of aromatic hydroxyl groups is 1. The van der Waals surface area contributed by atoms with Gasteiger partial charge in [0.1, 0.15) is 11.5 Å². The van der Waals surface area contributed by atoms with E-state index in [1.165, 1.54) is 6.20 Å². The molecular weight excluding hydrogens is 399 g/mol. The summed E-state index contributed by atoms with van der Waals surface area (Å²) >= 11 is 0.